The third-order valence-corrected chi connectivity index (χ3v) is 4.19. The average Bonchev–Trinajstić information content (AvgIpc) is 2.64. The van der Waals surface area contributed by atoms with Crippen LogP contribution in [0.4, 0.5) is 4.39 Å². The number of hydrogen-bond donors (Lipinski definition) is 1. The Kier molecular flexibility index (Phi) is 6.93. The van der Waals surface area contributed by atoms with Gasteiger partial charge in [-0.05, 0) is 42.2 Å². The molecule has 0 bridgehead atoms. The predicted octanol–water partition coefficient (Wildman–Crippen LogP) is 3.64. The summed E-state index contributed by atoms with van der Waals surface area (Å²) in [6.07, 6.45) is 0. The highest BCUT2D eigenvalue weighted by molar-refractivity contribution is 5.98. The molecular formula is C21H24FNO4. The van der Waals surface area contributed by atoms with Crippen LogP contribution in [-0.4, -0.2) is 25.0 Å². The van der Waals surface area contributed by atoms with E-state index in [1.165, 1.54) is 19.2 Å². The molecule has 0 saturated heterocycles. The highest BCUT2D eigenvalue weighted by Gasteiger charge is 2.26. The van der Waals surface area contributed by atoms with Gasteiger partial charge in [0, 0.05) is 5.56 Å². The van der Waals surface area contributed by atoms with E-state index in [-0.39, 0.29) is 24.2 Å². The molecule has 144 valence electrons. The van der Waals surface area contributed by atoms with Crippen LogP contribution in [-0.2, 0) is 16.1 Å². The lowest BCUT2D eigenvalue weighted by atomic mass is 10.0. The van der Waals surface area contributed by atoms with E-state index in [4.69, 9.17) is 9.47 Å². The molecule has 6 heteroatoms. The first-order valence-corrected chi connectivity index (χ1v) is 8.69. The molecule has 0 aliphatic heterocycles. The molecule has 0 heterocycles. The number of hydrogen-bond acceptors (Lipinski definition) is 4. The molecule has 2 aromatic carbocycles. The minimum atomic E-state index is -0.805. The van der Waals surface area contributed by atoms with Crippen molar-refractivity contribution in [3.63, 3.8) is 0 Å². The van der Waals surface area contributed by atoms with Crippen LogP contribution in [0, 0.1) is 18.7 Å². The van der Waals surface area contributed by atoms with Crippen LogP contribution in [0.5, 0.6) is 5.75 Å². The summed E-state index contributed by atoms with van der Waals surface area (Å²) in [6.45, 7) is 5.37. The summed E-state index contributed by atoms with van der Waals surface area (Å²) in [4.78, 5) is 25.0. The Morgan fingerprint density at radius 2 is 1.85 bits per heavy atom. The Labute approximate surface area is 158 Å². The van der Waals surface area contributed by atoms with Gasteiger partial charge in [0.15, 0.2) is 11.6 Å². The van der Waals surface area contributed by atoms with Gasteiger partial charge >= 0.3 is 5.97 Å². The van der Waals surface area contributed by atoms with E-state index in [2.05, 4.69) is 5.32 Å². The molecule has 27 heavy (non-hydrogen) atoms. The van der Waals surface area contributed by atoms with Crippen molar-refractivity contribution in [2.24, 2.45) is 5.92 Å². The van der Waals surface area contributed by atoms with Crippen LogP contribution < -0.4 is 10.1 Å². The SMILES string of the molecule is COc1ccc(COC(=O)[C@@H](NC(=O)c2ccccc2C)C(C)C)cc1F. The van der Waals surface area contributed by atoms with E-state index in [9.17, 15) is 14.0 Å². The van der Waals surface area contributed by atoms with Gasteiger partial charge in [0.2, 0.25) is 0 Å². The van der Waals surface area contributed by atoms with Crippen molar-refractivity contribution in [2.45, 2.75) is 33.4 Å². The number of ether oxygens (including phenoxy) is 2. The van der Waals surface area contributed by atoms with Gasteiger partial charge in [0.25, 0.3) is 5.91 Å². The number of esters is 1. The summed E-state index contributed by atoms with van der Waals surface area (Å²) in [5.41, 5.74) is 1.82. The second kappa shape index (κ2) is 9.16. The van der Waals surface area contributed by atoms with E-state index in [0.717, 1.165) is 5.56 Å². The number of rotatable bonds is 7. The maximum atomic E-state index is 13.7. The number of benzene rings is 2. The maximum Gasteiger partial charge on any atom is 0.329 e. The summed E-state index contributed by atoms with van der Waals surface area (Å²) < 4.78 is 23.9. The van der Waals surface area contributed by atoms with Crippen molar-refractivity contribution in [3.8, 4) is 5.75 Å². The molecule has 0 aromatic heterocycles. The summed E-state index contributed by atoms with van der Waals surface area (Å²) in [6, 6.07) is 10.7. The number of nitrogens with one attached hydrogen (secondary N) is 1. The fraction of sp³-hybridized carbons (Fsp3) is 0.333. The number of carbonyl (C=O) groups is 2. The van der Waals surface area contributed by atoms with E-state index < -0.39 is 17.8 Å². The lowest BCUT2D eigenvalue weighted by Gasteiger charge is -2.21. The Balaban J connectivity index is 2.03. The molecule has 2 rings (SSSR count). The summed E-state index contributed by atoms with van der Waals surface area (Å²) in [5.74, 6) is -1.48. The lowest BCUT2D eigenvalue weighted by molar-refractivity contribution is -0.148. The molecule has 0 saturated carbocycles. The molecule has 1 atom stereocenters. The Morgan fingerprint density at radius 3 is 2.44 bits per heavy atom. The van der Waals surface area contributed by atoms with Gasteiger partial charge < -0.3 is 14.8 Å². The number of carbonyl (C=O) groups excluding carboxylic acids is 2. The predicted molar refractivity (Wildman–Crippen MR) is 100 cm³/mol. The summed E-state index contributed by atoms with van der Waals surface area (Å²) >= 11 is 0. The Bertz CT molecular complexity index is 820. The van der Waals surface area contributed by atoms with Gasteiger partial charge in [-0.2, -0.15) is 0 Å². The van der Waals surface area contributed by atoms with Crippen molar-refractivity contribution in [1.29, 1.82) is 0 Å². The average molecular weight is 373 g/mol. The molecule has 5 nitrogen and oxygen atoms in total. The topological polar surface area (TPSA) is 64.6 Å². The second-order valence-electron chi connectivity index (χ2n) is 6.59. The van der Waals surface area contributed by atoms with Crippen molar-refractivity contribution in [1.82, 2.24) is 5.32 Å². The minimum Gasteiger partial charge on any atom is -0.494 e. The highest BCUT2D eigenvalue weighted by Crippen LogP contribution is 2.18. The van der Waals surface area contributed by atoms with E-state index in [1.54, 1.807) is 18.2 Å². The molecule has 0 spiro atoms. The summed E-state index contributed by atoms with van der Waals surface area (Å²) in [5, 5.41) is 2.73. The van der Waals surface area contributed by atoms with Crippen molar-refractivity contribution in [3.05, 3.63) is 65.0 Å². The Morgan fingerprint density at radius 1 is 1.15 bits per heavy atom. The lowest BCUT2D eigenvalue weighted by Crippen LogP contribution is -2.45. The van der Waals surface area contributed by atoms with Crippen molar-refractivity contribution < 1.29 is 23.5 Å². The number of amides is 1. The maximum absolute atomic E-state index is 13.7. The van der Waals surface area contributed by atoms with E-state index in [0.29, 0.717) is 11.1 Å². The largest absolute Gasteiger partial charge is 0.494 e. The van der Waals surface area contributed by atoms with Crippen LogP contribution in [0.25, 0.3) is 0 Å². The van der Waals surface area contributed by atoms with Gasteiger partial charge in [-0.3, -0.25) is 4.79 Å². The van der Waals surface area contributed by atoms with Crippen LogP contribution in [0.15, 0.2) is 42.5 Å². The van der Waals surface area contributed by atoms with E-state index >= 15 is 0 Å². The van der Waals surface area contributed by atoms with Crippen molar-refractivity contribution in [2.75, 3.05) is 7.11 Å². The van der Waals surface area contributed by atoms with Gasteiger partial charge in [0.1, 0.15) is 12.6 Å². The van der Waals surface area contributed by atoms with E-state index in [1.807, 2.05) is 32.9 Å². The summed E-state index contributed by atoms with van der Waals surface area (Å²) in [7, 11) is 1.38. The number of aryl methyl sites for hydroxylation is 1. The van der Waals surface area contributed by atoms with Crippen molar-refractivity contribution >= 4 is 11.9 Å². The second-order valence-corrected chi connectivity index (χ2v) is 6.59. The molecule has 1 N–H and O–H groups in total. The minimum absolute atomic E-state index is 0.0940. The molecule has 0 radical (unpaired) electrons. The smallest absolute Gasteiger partial charge is 0.329 e. The molecule has 2 aromatic rings. The first kappa shape index (κ1) is 20.4. The van der Waals surface area contributed by atoms with Gasteiger partial charge in [-0.1, -0.05) is 38.1 Å². The molecule has 0 aliphatic rings. The quantitative estimate of drug-likeness (QED) is 0.753. The number of methoxy groups -OCH3 is 1. The zero-order valence-corrected chi connectivity index (χ0v) is 15.9. The fourth-order valence-electron chi connectivity index (χ4n) is 2.59. The first-order chi connectivity index (χ1) is 12.8. The first-order valence-electron chi connectivity index (χ1n) is 8.69. The zero-order chi connectivity index (χ0) is 20.0. The molecule has 1 amide bonds. The fourth-order valence-corrected chi connectivity index (χ4v) is 2.59. The molecule has 0 unspecified atom stereocenters. The monoisotopic (exact) mass is 373 g/mol. The third-order valence-electron chi connectivity index (χ3n) is 4.19. The molecule has 0 fully saturated rings. The molecular weight excluding hydrogens is 349 g/mol. The van der Waals surface area contributed by atoms with Crippen LogP contribution in [0.1, 0.15) is 35.3 Å². The Hall–Kier alpha value is -2.89. The van der Waals surface area contributed by atoms with Gasteiger partial charge in [-0.25, -0.2) is 9.18 Å². The standard InChI is InChI=1S/C21H24FNO4/c1-13(2)19(23-20(24)16-8-6-5-7-14(16)3)21(25)27-12-15-9-10-18(26-4)17(22)11-15/h5-11,13,19H,12H2,1-4H3,(H,23,24)/t19-/m0/s1. The van der Waals surface area contributed by atoms with Crippen LogP contribution in [0.3, 0.4) is 0 Å². The van der Waals surface area contributed by atoms with Gasteiger partial charge in [-0.15, -0.1) is 0 Å². The highest BCUT2D eigenvalue weighted by atomic mass is 19.1. The molecule has 0 aliphatic carbocycles. The normalized spacial score (nSPS) is 11.8. The number of halogens is 1. The van der Waals surface area contributed by atoms with Crippen LogP contribution in [0.2, 0.25) is 0 Å². The van der Waals surface area contributed by atoms with Crippen LogP contribution >= 0.6 is 0 Å². The zero-order valence-electron chi connectivity index (χ0n) is 15.9. The third kappa shape index (κ3) is 5.29. The van der Waals surface area contributed by atoms with Gasteiger partial charge in [0.05, 0.1) is 7.11 Å².